The normalized spacial score (nSPS) is 13.9. The van der Waals surface area contributed by atoms with Crippen molar-refractivity contribution in [2.75, 3.05) is 35.5 Å². The number of amides is 2. The average Bonchev–Trinajstić information content (AvgIpc) is 3.22. The number of hydrogen-bond donors (Lipinski definition) is 1. The van der Waals surface area contributed by atoms with Crippen molar-refractivity contribution >= 4 is 33.2 Å². The number of likely N-dealkylation sites (tertiary alicyclic amines) is 1. The lowest BCUT2D eigenvalue weighted by molar-refractivity contribution is -0.114. The third-order valence-electron chi connectivity index (χ3n) is 4.70. The van der Waals surface area contributed by atoms with Crippen molar-refractivity contribution in [1.29, 1.82) is 0 Å². The molecular formula is C20H21F2N3O4S. The molecule has 0 aromatic heterocycles. The molecule has 1 heterocycles. The fourth-order valence-electron chi connectivity index (χ4n) is 3.23. The summed E-state index contributed by atoms with van der Waals surface area (Å²) in [5.41, 5.74) is 0.359. The van der Waals surface area contributed by atoms with Gasteiger partial charge in [-0.15, -0.1) is 0 Å². The third kappa shape index (κ3) is 4.93. The van der Waals surface area contributed by atoms with Gasteiger partial charge < -0.3 is 10.2 Å². The van der Waals surface area contributed by atoms with Crippen molar-refractivity contribution in [1.82, 2.24) is 4.90 Å². The Bertz CT molecular complexity index is 1070. The molecule has 7 nitrogen and oxygen atoms in total. The fourth-order valence-corrected chi connectivity index (χ4v) is 4.08. The highest BCUT2D eigenvalue weighted by atomic mass is 32.2. The van der Waals surface area contributed by atoms with Crippen molar-refractivity contribution < 1.29 is 26.8 Å². The number of hydrogen-bond acceptors (Lipinski definition) is 4. The molecule has 160 valence electrons. The minimum atomic E-state index is -3.97. The van der Waals surface area contributed by atoms with Gasteiger partial charge in [-0.25, -0.2) is 17.2 Å². The summed E-state index contributed by atoms with van der Waals surface area (Å²) in [6.07, 6.45) is 2.68. The Labute approximate surface area is 173 Å². The zero-order valence-corrected chi connectivity index (χ0v) is 17.1. The minimum absolute atomic E-state index is 0.187. The molecule has 1 aliphatic rings. The highest BCUT2D eigenvalue weighted by molar-refractivity contribution is 7.92. The van der Waals surface area contributed by atoms with E-state index in [1.54, 1.807) is 29.2 Å². The molecule has 2 amide bonds. The van der Waals surface area contributed by atoms with Crippen LogP contribution in [0.2, 0.25) is 0 Å². The lowest BCUT2D eigenvalue weighted by atomic mass is 10.1. The molecule has 0 saturated carbocycles. The lowest BCUT2D eigenvalue weighted by Gasteiger charge is -2.23. The summed E-state index contributed by atoms with van der Waals surface area (Å²) in [4.78, 5) is 27.0. The number of anilines is 2. The van der Waals surface area contributed by atoms with Crippen LogP contribution in [0.5, 0.6) is 0 Å². The second kappa shape index (κ2) is 8.78. The standard InChI is InChI=1S/C20H21F2N3O4S/c1-30(28,29)25(14-8-9-16(21)17(22)12-14)13-19(26)23-18-7-3-2-6-15(18)20(27)24-10-4-5-11-24/h2-3,6-9,12H,4-5,10-11,13H2,1H3,(H,23,26). The molecular weight excluding hydrogens is 416 g/mol. The van der Waals surface area contributed by atoms with E-state index < -0.39 is 34.1 Å². The van der Waals surface area contributed by atoms with Crippen molar-refractivity contribution in [3.05, 3.63) is 59.7 Å². The van der Waals surface area contributed by atoms with E-state index in [-0.39, 0.29) is 17.3 Å². The Morgan fingerprint density at radius 2 is 1.73 bits per heavy atom. The summed E-state index contributed by atoms with van der Waals surface area (Å²) in [5, 5.41) is 2.55. The molecule has 1 saturated heterocycles. The Morgan fingerprint density at radius 3 is 2.37 bits per heavy atom. The van der Waals surface area contributed by atoms with Crippen LogP contribution in [-0.4, -0.2) is 51.0 Å². The quantitative estimate of drug-likeness (QED) is 0.753. The number of halogens is 2. The van der Waals surface area contributed by atoms with E-state index in [0.29, 0.717) is 29.0 Å². The number of carbonyl (C=O) groups excluding carboxylic acids is 2. The summed E-state index contributed by atoms with van der Waals surface area (Å²) < 4.78 is 51.7. The zero-order chi connectivity index (χ0) is 21.9. The topological polar surface area (TPSA) is 86.8 Å². The van der Waals surface area contributed by atoms with E-state index in [1.807, 2.05) is 0 Å². The molecule has 30 heavy (non-hydrogen) atoms. The number of sulfonamides is 1. The molecule has 0 radical (unpaired) electrons. The number of carbonyl (C=O) groups is 2. The van der Waals surface area contributed by atoms with Crippen LogP contribution in [0, 0.1) is 11.6 Å². The molecule has 0 bridgehead atoms. The second-order valence-electron chi connectivity index (χ2n) is 6.96. The maximum atomic E-state index is 13.6. The van der Waals surface area contributed by atoms with Crippen LogP contribution >= 0.6 is 0 Å². The first-order valence-corrected chi connectivity index (χ1v) is 11.1. The van der Waals surface area contributed by atoms with Gasteiger partial charge in [-0.1, -0.05) is 12.1 Å². The first kappa shape index (κ1) is 21.7. The summed E-state index contributed by atoms with van der Waals surface area (Å²) in [7, 11) is -3.97. The van der Waals surface area contributed by atoms with Gasteiger partial charge in [0.25, 0.3) is 5.91 Å². The third-order valence-corrected chi connectivity index (χ3v) is 5.84. The number of para-hydroxylation sites is 1. The van der Waals surface area contributed by atoms with Gasteiger partial charge in [0.15, 0.2) is 11.6 Å². The van der Waals surface area contributed by atoms with Crippen molar-refractivity contribution in [3.8, 4) is 0 Å². The van der Waals surface area contributed by atoms with Gasteiger partial charge in [0.1, 0.15) is 6.54 Å². The van der Waals surface area contributed by atoms with Crippen LogP contribution in [0.1, 0.15) is 23.2 Å². The Balaban J connectivity index is 1.81. The van der Waals surface area contributed by atoms with Gasteiger partial charge in [-0.3, -0.25) is 13.9 Å². The largest absolute Gasteiger partial charge is 0.339 e. The first-order valence-electron chi connectivity index (χ1n) is 9.28. The summed E-state index contributed by atoms with van der Waals surface area (Å²) in [6.45, 7) is 0.606. The molecule has 0 atom stereocenters. The fraction of sp³-hybridized carbons (Fsp3) is 0.300. The molecule has 3 rings (SSSR count). The minimum Gasteiger partial charge on any atom is -0.339 e. The number of nitrogens with one attached hydrogen (secondary N) is 1. The molecule has 2 aromatic carbocycles. The zero-order valence-electron chi connectivity index (χ0n) is 16.3. The van der Waals surface area contributed by atoms with E-state index in [9.17, 15) is 26.8 Å². The average molecular weight is 437 g/mol. The Kier molecular flexibility index (Phi) is 6.35. The molecule has 0 aliphatic carbocycles. The van der Waals surface area contributed by atoms with Gasteiger partial charge >= 0.3 is 0 Å². The maximum absolute atomic E-state index is 13.6. The van der Waals surface area contributed by atoms with Gasteiger partial charge in [0, 0.05) is 19.2 Å². The molecule has 10 heteroatoms. The van der Waals surface area contributed by atoms with Crippen LogP contribution in [0.4, 0.5) is 20.2 Å². The summed E-state index contributed by atoms with van der Waals surface area (Å²) in [5.74, 6) is -3.31. The Hall–Kier alpha value is -3.01. The molecule has 1 fully saturated rings. The SMILES string of the molecule is CS(=O)(=O)N(CC(=O)Nc1ccccc1C(=O)N1CCCC1)c1ccc(F)c(F)c1. The number of benzene rings is 2. The molecule has 1 aliphatic heterocycles. The number of nitrogens with zero attached hydrogens (tertiary/aromatic N) is 2. The van der Waals surface area contributed by atoms with Crippen LogP contribution in [0.3, 0.4) is 0 Å². The van der Waals surface area contributed by atoms with Crippen LogP contribution in [0.15, 0.2) is 42.5 Å². The molecule has 1 N–H and O–H groups in total. The maximum Gasteiger partial charge on any atom is 0.255 e. The van der Waals surface area contributed by atoms with Crippen LogP contribution < -0.4 is 9.62 Å². The predicted molar refractivity (Wildman–Crippen MR) is 109 cm³/mol. The highest BCUT2D eigenvalue weighted by Gasteiger charge is 2.25. The van der Waals surface area contributed by atoms with Gasteiger partial charge in [-0.2, -0.15) is 0 Å². The Morgan fingerprint density at radius 1 is 1.07 bits per heavy atom. The number of rotatable bonds is 6. The highest BCUT2D eigenvalue weighted by Crippen LogP contribution is 2.22. The van der Waals surface area contributed by atoms with Crippen molar-refractivity contribution in [3.63, 3.8) is 0 Å². The smallest absolute Gasteiger partial charge is 0.255 e. The van der Waals surface area contributed by atoms with Crippen molar-refractivity contribution in [2.24, 2.45) is 0 Å². The van der Waals surface area contributed by atoms with Crippen LogP contribution in [0.25, 0.3) is 0 Å². The van der Waals surface area contributed by atoms with Crippen LogP contribution in [-0.2, 0) is 14.8 Å². The van der Waals surface area contributed by atoms with E-state index in [4.69, 9.17) is 0 Å². The lowest BCUT2D eigenvalue weighted by Crippen LogP contribution is -2.38. The second-order valence-corrected chi connectivity index (χ2v) is 8.87. The van der Waals surface area contributed by atoms with E-state index in [0.717, 1.165) is 31.2 Å². The molecule has 2 aromatic rings. The predicted octanol–water partition coefficient (Wildman–Crippen LogP) is 2.61. The van der Waals surface area contributed by atoms with Gasteiger partial charge in [-0.05, 0) is 37.1 Å². The van der Waals surface area contributed by atoms with E-state index >= 15 is 0 Å². The first-order chi connectivity index (χ1) is 14.2. The van der Waals surface area contributed by atoms with Crippen molar-refractivity contribution in [2.45, 2.75) is 12.8 Å². The summed E-state index contributed by atoms with van der Waals surface area (Å²) >= 11 is 0. The summed E-state index contributed by atoms with van der Waals surface area (Å²) in [6, 6.07) is 8.99. The monoisotopic (exact) mass is 437 g/mol. The van der Waals surface area contributed by atoms with E-state index in [1.165, 1.54) is 0 Å². The van der Waals surface area contributed by atoms with E-state index in [2.05, 4.69) is 5.32 Å². The van der Waals surface area contributed by atoms with Gasteiger partial charge in [0.05, 0.1) is 23.2 Å². The molecule has 0 spiro atoms. The molecule has 0 unspecified atom stereocenters. The van der Waals surface area contributed by atoms with Gasteiger partial charge in [0.2, 0.25) is 15.9 Å².